The Morgan fingerprint density at radius 2 is 1.57 bits per heavy atom. The van der Waals surface area contributed by atoms with Crippen molar-refractivity contribution in [2.75, 3.05) is 10.8 Å². The lowest BCUT2D eigenvalue weighted by molar-refractivity contribution is -0.139. The van der Waals surface area contributed by atoms with Gasteiger partial charge in [0.2, 0.25) is 11.8 Å². The summed E-state index contributed by atoms with van der Waals surface area (Å²) in [6.07, 6.45) is 0. The van der Waals surface area contributed by atoms with Crippen LogP contribution in [0.4, 0.5) is 5.69 Å². The SMILES string of the molecule is Cc1ccccc1CN(C(=O)CN(c1cccc(Cl)c1)S(=O)(=O)c1ccccc1)[C@H](C)C(=O)NC(C)C. The highest BCUT2D eigenvalue weighted by atomic mass is 35.5. The van der Waals surface area contributed by atoms with Crippen molar-refractivity contribution in [3.8, 4) is 0 Å². The van der Waals surface area contributed by atoms with Crippen molar-refractivity contribution in [3.63, 3.8) is 0 Å². The van der Waals surface area contributed by atoms with Gasteiger partial charge in [0.15, 0.2) is 0 Å². The van der Waals surface area contributed by atoms with Crippen LogP contribution < -0.4 is 9.62 Å². The summed E-state index contributed by atoms with van der Waals surface area (Å²) in [5.74, 6) is -0.841. The Morgan fingerprint density at radius 1 is 0.919 bits per heavy atom. The molecule has 0 unspecified atom stereocenters. The molecular formula is C28H32ClN3O4S. The Kier molecular flexibility index (Phi) is 9.34. The van der Waals surface area contributed by atoms with Gasteiger partial charge >= 0.3 is 0 Å². The van der Waals surface area contributed by atoms with Crippen molar-refractivity contribution in [1.82, 2.24) is 10.2 Å². The lowest BCUT2D eigenvalue weighted by Gasteiger charge is -2.32. The molecule has 0 radical (unpaired) electrons. The van der Waals surface area contributed by atoms with Crippen LogP contribution in [0, 0.1) is 6.92 Å². The number of rotatable bonds is 10. The van der Waals surface area contributed by atoms with Crippen LogP contribution in [0.2, 0.25) is 5.02 Å². The topological polar surface area (TPSA) is 86.8 Å². The number of aryl methyl sites for hydroxylation is 1. The monoisotopic (exact) mass is 541 g/mol. The number of anilines is 1. The van der Waals surface area contributed by atoms with E-state index in [1.54, 1.807) is 43.3 Å². The van der Waals surface area contributed by atoms with Gasteiger partial charge in [-0.25, -0.2) is 8.42 Å². The molecule has 0 saturated heterocycles. The number of carbonyl (C=O) groups excluding carboxylic acids is 2. The Morgan fingerprint density at radius 3 is 2.19 bits per heavy atom. The van der Waals surface area contributed by atoms with E-state index in [-0.39, 0.29) is 29.1 Å². The fraction of sp³-hybridized carbons (Fsp3) is 0.286. The predicted octanol–water partition coefficient (Wildman–Crippen LogP) is 4.79. The van der Waals surface area contributed by atoms with Gasteiger partial charge in [0.05, 0.1) is 10.6 Å². The van der Waals surface area contributed by atoms with Gasteiger partial charge in [0, 0.05) is 17.6 Å². The number of nitrogens with zero attached hydrogens (tertiary/aromatic N) is 2. The first kappa shape index (κ1) is 28.2. The first-order valence-corrected chi connectivity index (χ1v) is 13.8. The van der Waals surface area contributed by atoms with Crippen LogP contribution in [-0.4, -0.2) is 43.8 Å². The summed E-state index contributed by atoms with van der Waals surface area (Å²) in [5, 5.41) is 3.18. The quantitative estimate of drug-likeness (QED) is 0.400. The van der Waals surface area contributed by atoms with Crippen LogP contribution in [0.5, 0.6) is 0 Å². The van der Waals surface area contributed by atoms with E-state index in [4.69, 9.17) is 11.6 Å². The van der Waals surface area contributed by atoms with Gasteiger partial charge in [-0.3, -0.25) is 13.9 Å². The molecule has 0 aliphatic heterocycles. The molecule has 2 amide bonds. The van der Waals surface area contributed by atoms with E-state index in [9.17, 15) is 18.0 Å². The molecule has 1 N–H and O–H groups in total. The number of carbonyl (C=O) groups is 2. The standard InChI is InChI=1S/C28H32ClN3O4S/c1-20(2)30-28(34)22(4)31(18-23-12-9-8-11-21(23)3)27(33)19-32(25-14-10-13-24(29)17-25)37(35,36)26-15-6-5-7-16-26/h5-17,20,22H,18-19H2,1-4H3,(H,30,34)/t22-/m1/s1. The van der Waals surface area contributed by atoms with E-state index in [1.165, 1.54) is 23.1 Å². The zero-order valence-corrected chi connectivity index (χ0v) is 23.0. The smallest absolute Gasteiger partial charge is 0.264 e. The Bertz CT molecular complexity index is 1350. The van der Waals surface area contributed by atoms with Crippen LogP contribution in [0.25, 0.3) is 0 Å². The number of amides is 2. The van der Waals surface area contributed by atoms with E-state index in [0.29, 0.717) is 5.02 Å². The van der Waals surface area contributed by atoms with E-state index in [0.717, 1.165) is 15.4 Å². The van der Waals surface area contributed by atoms with Gasteiger partial charge in [-0.15, -0.1) is 0 Å². The molecule has 3 aromatic carbocycles. The second kappa shape index (κ2) is 12.3. The lowest BCUT2D eigenvalue weighted by Crippen LogP contribution is -2.52. The van der Waals surface area contributed by atoms with Crippen LogP contribution in [0.15, 0.2) is 83.8 Å². The summed E-state index contributed by atoms with van der Waals surface area (Å²) in [5.41, 5.74) is 2.07. The third-order valence-corrected chi connectivity index (χ3v) is 7.93. The van der Waals surface area contributed by atoms with Gasteiger partial charge in [0.25, 0.3) is 10.0 Å². The number of sulfonamides is 1. The minimum absolute atomic E-state index is 0.0406. The maximum Gasteiger partial charge on any atom is 0.264 e. The molecular weight excluding hydrogens is 510 g/mol. The summed E-state index contributed by atoms with van der Waals surface area (Å²) in [4.78, 5) is 28.2. The molecule has 0 saturated carbocycles. The first-order chi connectivity index (χ1) is 17.5. The normalized spacial score (nSPS) is 12.2. The van der Waals surface area contributed by atoms with Crippen LogP contribution in [0.3, 0.4) is 0 Å². The van der Waals surface area contributed by atoms with Crippen LogP contribution >= 0.6 is 11.6 Å². The Labute approximate surface area is 224 Å². The van der Waals surface area contributed by atoms with E-state index in [1.807, 2.05) is 45.0 Å². The first-order valence-electron chi connectivity index (χ1n) is 12.0. The molecule has 3 rings (SSSR count). The summed E-state index contributed by atoms with van der Waals surface area (Å²) in [7, 11) is -4.12. The van der Waals surface area contributed by atoms with Gasteiger partial charge < -0.3 is 10.2 Å². The van der Waals surface area contributed by atoms with Crippen LogP contribution in [-0.2, 0) is 26.2 Å². The number of hydrogen-bond acceptors (Lipinski definition) is 4. The second-order valence-electron chi connectivity index (χ2n) is 9.09. The van der Waals surface area contributed by atoms with Crippen molar-refractivity contribution in [1.29, 1.82) is 0 Å². The van der Waals surface area contributed by atoms with E-state index < -0.39 is 28.5 Å². The second-order valence-corrected chi connectivity index (χ2v) is 11.4. The van der Waals surface area contributed by atoms with Crippen molar-refractivity contribution in [2.24, 2.45) is 0 Å². The van der Waals surface area contributed by atoms with Crippen molar-refractivity contribution in [3.05, 3.63) is 95.0 Å². The number of benzene rings is 3. The molecule has 1 atom stereocenters. The third-order valence-electron chi connectivity index (χ3n) is 5.91. The van der Waals surface area contributed by atoms with Gasteiger partial charge in [-0.05, 0) is 69.2 Å². The van der Waals surface area contributed by atoms with E-state index >= 15 is 0 Å². The zero-order chi connectivity index (χ0) is 27.2. The molecule has 9 heteroatoms. The molecule has 196 valence electrons. The zero-order valence-electron chi connectivity index (χ0n) is 21.4. The van der Waals surface area contributed by atoms with Crippen LogP contribution in [0.1, 0.15) is 31.9 Å². The van der Waals surface area contributed by atoms with Gasteiger partial charge in [-0.2, -0.15) is 0 Å². The summed E-state index contributed by atoms with van der Waals surface area (Å²) in [6, 6.07) is 20.8. The third kappa shape index (κ3) is 7.11. The summed E-state index contributed by atoms with van der Waals surface area (Å²) < 4.78 is 28.4. The highest BCUT2D eigenvalue weighted by molar-refractivity contribution is 7.92. The average Bonchev–Trinajstić information content (AvgIpc) is 2.86. The predicted molar refractivity (Wildman–Crippen MR) is 147 cm³/mol. The Hall–Kier alpha value is -3.36. The molecule has 0 bridgehead atoms. The minimum Gasteiger partial charge on any atom is -0.352 e. The van der Waals surface area contributed by atoms with Crippen molar-refractivity contribution >= 4 is 39.1 Å². The van der Waals surface area contributed by atoms with Gasteiger partial charge in [-0.1, -0.05) is 60.1 Å². The molecule has 37 heavy (non-hydrogen) atoms. The van der Waals surface area contributed by atoms with Crippen molar-refractivity contribution < 1.29 is 18.0 Å². The molecule has 3 aromatic rings. The highest BCUT2D eigenvalue weighted by Crippen LogP contribution is 2.27. The Balaban J connectivity index is 2.03. The minimum atomic E-state index is -4.12. The molecule has 0 aromatic heterocycles. The maximum absolute atomic E-state index is 13.8. The van der Waals surface area contributed by atoms with Gasteiger partial charge in [0.1, 0.15) is 12.6 Å². The molecule has 0 heterocycles. The molecule has 7 nitrogen and oxygen atoms in total. The largest absolute Gasteiger partial charge is 0.352 e. The molecule has 0 spiro atoms. The fourth-order valence-electron chi connectivity index (χ4n) is 3.84. The summed E-state index contributed by atoms with van der Waals surface area (Å²) in [6.45, 7) is 6.88. The lowest BCUT2D eigenvalue weighted by atomic mass is 10.1. The fourth-order valence-corrected chi connectivity index (χ4v) is 5.45. The molecule has 0 aliphatic carbocycles. The van der Waals surface area contributed by atoms with E-state index in [2.05, 4.69) is 5.32 Å². The number of hydrogen-bond donors (Lipinski definition) is 1. The highest BCUT2D eigenvalue weighted by Gasteiger charge is 2.32. The molecule has 0 aliphatic rings. The molecule has 0 fully saturated rings. The number of halogens is 1. The number of nitrogens with one attached hydrogen (secondary N) is 1. The average molecular weight is 542 g/mol. The maximum atomic E-state index is 13.8. The van der Waals surface area contributed by atoms with Crippen molar-refractivity contribution in [2.45, 2.75) is 51.2 Å². The summed E-state index contributed by atoms with van der Waals surface area (Å²) >= 11 is 6.18.